The first-order valence-electron chi connectivity index (χ1n) is 7.55. The number of anilines is 2. The lowest BCUT2D eigenvalue weighted by atomic mass is 10.0. The van der Waals surface area contributed by atoms with Crippen LogP contribution in [-0.4, -0.2) is 11.8 Å². The van der Waals surface area contributed by atoms with Crippen LogP contribution in [0.5, 0.6) is 0 Å². The van der Waals surface area contributed by atoms with E-state index in [1.54, 1.807) is 0 Å². The molecule has 3 rings (SSSR count). The summed E-state index contributed by atoms with van der Waals surface area (Å²) in [5.41, 5.74) is 1.18. The second kappa shape index (κ2) is 6.51. The predicted molar refractivity (Wildman–Crippen MR) is 99.2 cm³/mol. The van der Waals surface area contributed by atoms with Gasteiger partial charge in [-0.2, -0.15) is 0 Å². The topological polar surface area (TPSA) is 58.2 Å². The quantitative estimate of drug-likeness (QED) is 0.558. The Morgan fingerprint density at radius 1 is 1.00 bits per heavy atom. The molecule has 0 aromatic heterocycles. The number of amides is 2. The van der Waals surface area contributed by atoms with Gasteiger partial charge in [-0.05, 0) is 90.4 Å². The number of hydrogen-bond donors (Lipinski definition) is 2. The van der Waals surface area contributed by atoms with Gasteiger partial charge in [-0.1, -0.05) is 0 Å². The zero-order valence-electron chi connectivity index (χ0n) is 13.0. The van der Waals surface area contributed by atoms with Gasteiger partial charge in [0.2, 0.25) is 11.8 Å². The fourth-order valence-electron chi connectivity index (χ4n) is 2.44. The van der Waals surface area contributed by atoms with Gasteiger partial charge < -0.3 is 10.6 Å². The highest BCUT2D eigenvalue weighted by atomic mass is 127. The number of carbonyl (C=O) groups excluding carboxylic acids is 2. The van der Waals surface area contributed by atoms with Gasteiger partial charge in [-0.25, -0.2) is 4.39 Å². The molecule has 0 atom stereocenters. The molecule has 0 aliphatic heterocycles. The molecule has 0 bridgehead atoms. The fourth-order valence-corrected chi connectivity index (χ4v) is 2.77. The highest BCUT2D eigenvalue weighted by Gasteiger charge is 2.56. The van der Waals surface area contributed by atoms with Gasteiger partial charge >= 0.3 is 0 Å². The van der Waals surface area contributed by atoms with E-state index in [-0.39, 0.29) is 17.6 Å². The lowest BCUT2D eigenvalue weighted by Gasteiger charge is -2.16. The van der Waals surface area contributed by atoms with E-state index >= 15 is 0 Å². The van der Waals surface area contributed by atoms with Crippen LogP contribution < -0.4 is 10.6 Å². The maximum absolute atomic E-state index is 12.9. The van der Waals surface area contributed by atoms with E-state index in [1.165, 1.54) is 24.3 Å². The number of aryl methyl sites for hydroxylation is 1. The van der Waals surface area contributed by atoms with Crippen molar-refractivity contribution in [2.75, 3.05) is 10.6 Å². The predicted octanol–water partition coefficient (Wildman–Crippen LogP) is 4.10. The Bertz CT molecular complexity index is 801. The molecule has 1 saturated carbocycles. The summed E-state index contributed by atoms with van der Waals surface area (Å²) in [6.45, 7) is 1.96. The van der Waals surface area contributed by atoms with Gasteiger partial charge in [-0.3, -0.25) is 9.59 Å². The van der Waals surface area contributed by atoms with Crippen molar-refractivity contribution >= 4 is 45.8 Å². The zero-order valence-corrected chi connectivity index (χ0v) is 15.2. The summed E-state index contributed by atoms with van der Waals surface area (Å²) < 4.78 is 14.0. The summed E-state index contributed by atoms with van der Waals surface area (Å²) in [6.07, 6.45) is 1.02. The molecule has 0 saturated heterocycles. The largest absolute Gasteiger partial charge is 0.325 e. The van der Waals surface area contributed by atoms with Gasteiger partial charge in [0.15, 0.2) is 0 Å². The van der Waals surface area contributed by atoms with Gasteiger partial charge in [0.25, 0.3) is 0 Å². The normalized spacial score (nSPS) is 14.8. The molecule has 1 fully saturated rings. The summed E-state index contributed by atoms with van der Waals surface area (Å²) >= 11 is 2.23. The Morgan fingerprint density at radius 3 is 2.08 bits per heavy atom. The number of rotatable bonds is 4. The third-order valence-corrected chi connectivity index (χ3v) is 5.35. The average molecular weight is 438 g/mol. The van der Waals surface area contributed by atoms with Crippen LogP contribution in [-0.2, 0) is 9.59 Å². The molecule has 6 heteroatoms. The van der Waals surface area contributed by atoms with Gasteiger partial charge in [-0.15, -0.1) is 0 Å². The first-order valence-corrected chi connectivity index (χ1v) is 8.63. The second-order valence-electron chi connectivity index (χ2n) is 5.96. The van der Waals surface area contributed by atoms with Crippen LogP contribution in [0.2, 0.25) is 0 Å². The third kappa shape index (κ3) is 3.43. The van der Waals surface area contributed by atoms with E-state index in [1.807, 2.05) is 25.1 Å². The molecule has 0 unspecified atom stereocenters. The van der Waals surface area contributed by atoms with Gasteiger partial charge in [0.05, 0.1) is 0 Å². The van der Waals surface area contributed by atoms with Crippen molar-refractivity contribution in [3.05, 3.63) is 57.4 Å². The van der Waals surface area contributed by atoms with Crippen LogP contribution in [0.15, 0.2) is 42.5 Å². The molecule has 2 aromatic rings. The average Bonchev–Trinajstić information content (AvgIpc) is 3.35. The lowest BCUT2D eigenvalue weighted by molar-refractivity contribution is -0.131. The molecule has 0 radical (unpaired) electrons. The van der Waals surface area contributed by atoms with Crippen molar-refractivity contribution in [2.24, 2.45) is 5.41 Å². The minimum absolute atomic E-state index is 0.303. The standard InChI is InChI=1S/C18H16FIN2O2/c1-11-10-14(6-7-15(11)20)22-17(24)18(8-9-18)16(23)21-13-4-2-12(19)3-5-13/h2-7,10H,8-9H2,1H3,(H,21,23)(H,22,24). The van der Waals surface area contributed by atoms with Crippen molar-refractivity contribution < 1.29 is 14.0 Å². The highest BCUT2D eigenvalue weighted by molar-refractivity contribution is 14.1. The van der Waals surface area contributed by atoms with E-state index in [0.29, 0.717) is 24.2 Å². The molecular formula is C18H16FIN2O2. The first kappa shape index (κ1) is 16.9. The fraction of sp³-hybridized carbons (Fsp3) is 0.222. The third-order valence-electron chi connectivity index (χ3n) is 4.14. The minimum Gasteiger partial charge on any atom is -0.325 e. The Kier molecular flexibility index (Phi) is 4.58. The van der Waals surface area contributed by atoms with Crippen molar-refractivity contribution in [1.82, 2.24) is 0 Å². The van der Waals surface area contributed by atoms with Crippen LogP contribution in [0.1, 0.15) is 18.4 Å². The summed E-state index contributed by atoms with van der Waals surface area (Å²) in [7, 11) is 0. The number of carbonyl (C=O) groups is 2. The molecule has 0 spiro atoms. The number of benzene rings is 2. The SMILES string of the molecule is Cc1cc(NC(=O)C2(C(=O)Nc3ccc(F)cc3)CC2)ccc1I. The maximum Gasteiger partial charge on any atom is 0.240 e. The molecule has 2 N–H and O–H groups in total. The number of hydrogen-bond acceptors (Lipinski definition) is 2. The lowest BCUT2D eigenvalue weighted by Crippen LogP contribution is -2.35. The molecular weight excluding hydrogens is 422 g/mol. The van der Waals surface area contributed by atoms with Crippen LogP contribution in [0.4, 0.5) is 15.8 Å². The van der Waals surface area contributed by atoms with Crippen molar-refractivity contribution in [3.8, 4) is 0 Å². The molecule has 2 aromatic carbocycles. The molecule has 0 heterocycles. The summed E-state index contributed by atoms with van der Waals surface area (Å²) in [4.78, 5) is 25.0. The minimum atomic E-state index is -1.04. The highest BCUT2D eigenvalue weighted by Crippen LogP contribution is 2.47. The van der Waals surface area contributed by atoms with Crippen LogP contribution in [0, 0.1) is 21.7 Å². The Morgan fingerprint density at radius 2 is 1.54 bits per heavy atom. The molecule has 1 aliphatic rings. The van der Waals surface area contributed by atoms with E-state index in [9.17, 15) is 14.0 Å². The Balaban J connectivity index is 1.70. The first-order chi connectivity index (χ1) is 11.4. The summed E-state index contributed by atoms with van der Waals surface area (Å²) in [5.74, 6) is -1.03. The van der Waals surface area contributed by atoms with Gasteiger partial charge in [0, 0.05) is 14.9 Å². The maximum atomic E-state index is 12.9. The smallest absolute Gasteiger partial charge is 0.240 e. The van der Waals surface area contributed by atoms with Crippen molar-refractivity contribution in [3.63, 3.8) is 0 Å². The van der Waals surface area contributed by atoms with E-state index < -0.39 is 5.41 Å². The summed E-state index contributed by atoms with van der Waals surface area (Å²) in [6, 6.07) is 11.1. The summed E-state index contributed by atoms with van der Waals surface area (Å²) in [5, 5.41) is 5.52. The molecule has 124 valence electrons. The Labute approximate surface area is 153 Å². The van der Waals surface area contributed by atoms with Crippen molar-refractivity contribution in [1.29, 1.82) is 0 Å². The number of halogens is 2. The molecule has 1 aliphatic carbocycles. The number of nitrogens with one attached hydrogen (secondary N) is 2. The second-order valence-corrected chi connectivity index (χ2v) is 7.12. The van der Waals surface area contributed by atoms with E-state index in [4.69, 9.17) is 0 Å². The van der Waals surface area contributed by atoms with E-state index in [0.717, 1.165) is 9.13 Å². The zero-order chi connectivity index (χ0) is 17.3. The van der Waals surface area contributed by atoms with E-state index in [2.05, 4.69) is 33.2 Å². The van der Waals surface area contributed by atoms with Crippen LogP contribution in [0.3, 0.4) is 0 Å². The van der Waals surface area contributed by atoms with Crippen LogP contribution >= 0.6 is 22.6 Å². The molecule has 2 amide bonds. The molecule has 4 nitrogen and oxygen atoms in total. The molecule has 24 heavy (non-hydrogen) atoms. The Hall–Kier alpha value is -1.96. The van der Waals surface area contributed by atoms with Crippen LogP contribution in [0.25, 0.3) is 0 Å². The monoisotopic (exact) mass is 438 g/mol. The van der Waals surface area contributed by atoms with Crippen molar-refractivity contribution in [2.45, 2.75) is 19.8 Å². The van der Waals surface area contributed by atoms with Gasteiger partial charge in [0.1, 0.15) is 11.2 Å².